The molecule has 7 heteroatoms. The molecule has 1 atom stereocenters. The van der Waals surface area contributed by atoms with E-state index in [1.54, 1.807) is 43.3 Å². The number of hydrogen-bond acceptors (Lipinski definition) is 4. The van der Waals surface area contributed by atoms with Crippen LogP contribution in [-0.2, 0) is 16.1 Å². The monoisotopic (exact) mass is 383 g/mol. The van der Waals surface area contributed by atoms with Crippen LogP contribution in [0.2, 0.25) is 0 Å². The molecule has 1 unspecified atom stereocenters. The first kappa shape index (κ1) is 18.8. The van der Waals surface area contributed by atoms with Gasteiger partial charge in [-0.15, -0.1) is 0 Å². The summed E-state index contributed by atoms with van der Waals surface area (Å²) < 4.78 is 5.18. The van der Waals surface area contributed by atoms with Crippen molar-refractivity contribution in [1.29, 1.82) is 0 Å². The molecule has 1 N–H and O–H groups in total. The summed E-state index contributed by atoms with van der Waals surface area (Å²) in [4.78, 5) is 28.6. The molecule has 0 saturated carbocycles. The van der Waals surface area contributed by atoms with Crippen molar-refractivity contribution in [3.63, 3.8) is 0 Å². The number of carbonyl (C=O) groups is 2. The Bertz CT molecular complexity index is 839. The Morgan fingerprint density at radius 3 is 2.44 bits per heavy atom. The number of carbonyl (C=O) groups excluding carboxylic acids is 2. The van der Waals surface area contributed by atoms with E-state index in [9.17, 15) is 9.59 Å². The molecule has 2 aromatic rings. The molecule has 140 valence electrons. The van der Waals surface area contributed by atoms with Gasteiger partial charge in [0.05, 0.1) is 19.2 Å². The minimum Gasteiger partial charge on any atom is -0.497 e. The Morgan fingerprint density at radius 2 is 1.85 bits per heavy atom. The maximum Gasteiger partial charge on any atom is 0.257 e. The van der Waals surface area contributed by atoms with Crippen LogP contribution in [0, 0.1) is 0 Å². The molecule has 0 spiro atoms. The molecule has 1 saturated heterocycles. The minimum absolute atomic E-state index is 0.0890. The summed E-state index contributed by atoms with van der Waals surface area (Å²) in [5.41, 5.74) is 1.54. The van der Waals surface area contributed by atoms with Crippen LogP contribution >= 0.6 is 12.2 Å². The van der Waals surface area contributed by atoms with E-state index in [0.29, 0.717) is 17.3 Å². The number of amides is 2. The summed E-state index contributed by atoms with van der Waals surface area (Å²) >= 11 is 5.42. The van der Waals surface area contributed by atoms with Gasteiger partial charge in [-0.25, -0.2) is 4.90 Å². The predicted octanol–water partition coefficient (Wildman–Crippen LogP) is 2.33. The zero-order valence-corrected chi connectivity index (χ0v) is 16.0. The van der Waals surface area contributed by atoms with E-state index in [1.165, 1.54) is 4.90 Å². The van der Waals surface area contributed by atoms with E-state index in [2.05, 4.69) is 5.32 Å². The summed E-state index contributed by atoms with van der Waals surface area (Å²) in [6.07, 6.45) is 0.0890. The minimum atomic E-state index is -0.639. The first-order valence-corrected chi connectivity index (χ1v) is 8.99. The Kier molecular flexibility index (Phi) is 5.71. The van der Waals surface area contributed by atoms with Gasteiger partial charge in [-0.1, -0.05) is 30.3 Å². The zero-order valence-electron chi connectivity index (χ0n) is 15.2. The van der Waals surface area contributed by atoms with Crippen LogP contribution in [0.1, 0.15) is 12.0 Å². The van der Waals surface area contributed by atoms with Gasteiger partial charge in [0.2, 0.25) is 5.91 Å². The number of benzene rings is 2. The van der Waals surface area contributed by atoms with Gasteiger partial charge < -0.3 is 15.0 Å². The number of thiocarbonyl (C=S) groups is 1. The fraction of sp³-hybridized carbons (Fsp3) is 0.250. The summed E-state index contributed by atoms with van der Waals surface area (Å²) in [7, 11) is 3.32. The molecule has 3 rings (SSSR count). The number of anilines is 1. The van der Waals surface area contributed by atoms with Crippen molar-refractivity contribution in [2.75, 3.05) is 19.1 Å². The summed E-state index contributed by atoms with van der Waals surface area (Å²) in [6.45, 7) is 0.413. The molecule has 27 heavy (non-hydrogen) atoms. The molecule has 0 aromatic heterocycles. The molecule has 1 fully saturated rings. The van der Waals surface area contributed by atoms with Gasteiger partial charge in [-0.3, -0.25) is 9.59 Å². The fourth-order valence-electron chi connectivity index (χ4n) is 3.10. The topological polar surface area (TPSA) is 61.9 Å². The lowest BCUT2D eigenvalue weighted by Crippen LogP contribution is -2.48. The Hall–Kier alpha value is -2.93. The van der Waals surface area contributed by atoms with Crippen LogP contribution in [0.25, 0.3) is 0 Å². The van der Waals surface area contributed by atoms with Crippen LogP contribution < -0.4 is 15.0 Å². The second-order valence-corrected chi connectivity index (χ2v) is 6.54. The fourth-order valence-corrected chi connectivity index (χ4v) is 3.29. The lowest BCUT2D eigenvalue weighted by molar-refractivity contribution is -0.122. The number of nitrogens with zero attached hydrogens (tertiary/aromatic N) is 2. The Labute approximate surface area is 163 Å². The van der Waals surface area contributed by atoms with Gasteiger partial charge in [-0.05, 0) is 42.0 Å². The Balaban J connectivity index is 1.85. The molecule has 0 bridgehead atoms. The number of para-hydroxylation sites is 1. The number of ether oxygens (including phenoxy) is 1. The number of hydrogen-bond donors (Lipinski definition) is 1. The lowest BCUT2D eigenvalue weighted by Gasteiger charge is -2.29. The maximum absolute atomic E-state index is 13.0. The van der Waals surface area contributed by atoms with Crippen LogP contribution in [0.15, 0.2) is 54.6 Å². The molecule has 2 aromatic carbocycles. The third-order valence-corrected chi connectivity index (χ3v) is 4.94. The zero-order chi connectivity index (χ0) is 19.4. The first-order chi connectivity index (χ1) is 13.0. The quantitative estimate of drug-likeness (QED) is 0.632. The van der Waals surface area contributed by atoms with Crippen molar-refractivity contribution < 1.29 is 14.3 Å². The van der Waals surface area contributed by atoms with E-state index in [0.717, 1.165) is 11.3 Å². The van der Waals surface area contributed by atoms with E-state index in [1.807, 2.05) is 30.3 Å². The van der Waals surface area contributed by atoms with E-state index < -0.39 is 6.04 Å². The van der Waals surface area contributed by atoms with Gasteiger partial charge in [0.1, 0.15) is 11.8 Å². The van der Waals surface area contributed by atoms with Gasteiger partial charge >= 0.3 is 0 Å². The van der Waals surface area contributed by atoms with E-state index >= 15 is 0 Å². The highest BCUT2D eigenvalue weighted by molar-refractivity contribution is 7.80. The molecule has 2 amide bonds. The molecule has 1 aliphatic rings. The highest BCUT2D eigenvalue weighted by atomic mass is 32.1. The van der Waals surface area contributed by atoms with Crippen molar-refractivity contribution in [2.24, 2.45) is 0 Å². The number of rotatable bonds is 5. The third kappa shape index (κ3) is 3.93. The number of nitrogens with one attached hydrogen (secondary N) is 1. The number of methoxy groups -OCH3 is 1. The highest BCUT2D eigenvalue weighted by Crippen LogP contribution is 2.27. The van der Waals surface area contributed by atoms with Crippen LogP contribution in [0.5, 0.6) is 5.75 Å². The first-order valence-electron chi connectivity index (χ1n) is 8.58. The molecule has 0 aliphatic carbocycles. The van der Waals surface area contributed by atoms with Crippen molar-refractivity contribution >= 4 is 34.8 Å². The third-order valence-electron chi connectivity index (χ3n) is 4.50. The molecular weight excluding hydrogens is 362 g/mol. The Morgan fingerprint density at radius 1 is 1.19 bits per heavy atom. The lowest BCUT2D eigenvalue weighted by atomic mass is 10.1. The smallest absolute Gasteiger partial charge is 0.257 e. The van der Waals surface area contributed by atoms with Gasteiger partial charge in [0.15, 0.2) is 5.11 Å². The van der Waals surface area contributed by atoms with Gasteiger partial charge in [0.25, 0.3) is 5.91 Å². The van der Waals surface area contributed by atoms with Crippen molar-refractivity contribution in [2.45, 2.75) is 19.0 Å². The van der Waals surface area contributed by atoms with Crippen LogP contribution in [0.3, 0.4) is 0 Å². The summed E-state index contributed by atoms with van der Waals surface area (Å²) in [5, 5.41) is 3.35. The van der Waals surface area contributed by atoms with Crippen molar-refractivity contribution in [3.8, 4) is 5.75 Å². The average molecular weight is 383 g/mol. The van der Waals surface area contributed by atoms with E-state index in [-0.39, 0.29) is 18.2 Å². The average Bonchev–Trinajstić information content (AvgIpc) is 3.00. The van der Waals surface area contributed by atoms with Crippen molar-refractivity contribution in [3.05, 3.63) is 60.2 Å². The van der Waals surface area contributed by atoms with E-state index in [4.69, 9.17) is 17.0 Å². The largest absolute Gasteiger partial charge is 0.497 e. The molecular formula is C20H21N3O3S. The SMILES string of the molecule is CNC(=S)N(Cc1ccc(OC)cc1)C1CC(=O)N(c2ccccc2)C1=O. The van der Waals surface area contributed by atoms with Gasteiger partial charge in [0, 0.05) is 13.6 Å². The second kappa shape index (κ2) is 8.18. The van der Waals surface area contributed by atoms with Gasteiger partial charge in [-0.2, -0.15) is 0 Å². The highest BCUT2D eigenvalue weighted by Gasteiger charge is 2.43. The van der Waals surface area contributed by atoms with Crippen molar-refractivity contribution in [1.82, 2.24) is 10.2 Å². The molecule has 1 heterocycles. The predicted molar refractivity (Wildman–Crippen MR) is 108 cm³/mol. The number of imide groups is 1. The van der Waals surface area contributed by atoms with Crippen LogP contribution in [0.4, 0.5) is 5.69 Å². The van der Waals surface area contributed by atoms with Crippen LogP contribution in [-0.4, -0.2) is 42.0 Å². The summed E-state index contributed by atoms with van der Waals surface area (Å²) in [5.74, 6) is 0.260. The molecule has 1 aliphatic heterocycles. The summed E-state index contributed by atoms with van der Waals surface area (Å²) in [6, 6.07) is 15.9. The molecule has 6 nitrogen and oxygen atoms in total. The normalized spacial score (nSPS) is 16.4. The second-order valence-electron chi connectivity index (χ2n) is 6.15. The standard InChI is InChI=1S/C20H21N3O3S/c1-21-20(27)22(13-14-8-10-16(26-2)11-9-14)17-12-18(24)23(19(17)25)15-6-4-3-5-7-15/h3-11,17H,12-13H2,1-2H3,(H,21,27). The maximum atomic E-state index is 13.0. The molecule has 0 radical (unpaired) electrons.